The van der Waals surface area contributed by atoms with Crippen molar-refractivity contribution in [1.29, 1.82) is 0 Å². The lowest BCUT2D eigenvalue weighted by Gasteiger charge is -2.34. The monoisotopic (exact) mass is 468 g/mol. The van der Waals surface area contributed by atoms with Gasteiger partial charge in [0.1, 0.15) is 12.4 Å². The third kappa shape index (κ3) is 4.70. The summed E-state index contributed by atoms with van der Waals surface area (Å²) in [5.74, 6) is 1.69. The normalized spacial score (nSPS) is 16.9. The summed E-state index contributed by atoms with van der Waals surface area (Å²) in [5, 5.41) is 0. The number of benzene rings is 2. The molecule has 0 saturated carbocycles. The molecule has 1 unspecified atom stereocenters. The maximum Gasteiger partial charge on any atom is 0.225 e. The number of ether oxygens (including phenoxy) is 1. The van der Waals surface area contributed by atoms with Crippen LogP contribution in [-0.2, 0) is 42.3 Å². The van der Waals surface area contributed by atoms with Gasteiger partial charge in [0.15, 0.2) is 0 Å². The Hall–Kier alpha value is -2.34. The molecular weight excluding hydrogens is 439 g/mol. The minimum atomic E-state index is -2.28. The van der Waals surface area contributed by atoms with E-state index in [-0.39, 0.29) is 0 Å². The van der Waals surface area contributed by atoms with Crippen molar-refractivity contribution in [3.8, 4) is 5.75 Å². The maximum absolute atomic E-state index is 12.4. The first-order valence-electron chi connectivity index (χ1n) is 10.9. The van der Waals surface area contributed by atoms with Gasteiger partial charge in [-0.2, -0.15) is 0 Å². The number of hydrogen-bond donors (Lipinski definition) is 1. The van der Waals surface area contributed by atoms with Crippen LogP contribution in [0.3, 0.4) is 0 Å². The van der Waals surface area contributed by atoms with Gasteiger partial charge in [0.2, 0.25) is 5.95 Å². The summed E-state index contributed by atoms with van der Waals surface area (Å²) in [5.41, 5.74) is 6.44. The van der Waals surface area contributed by atoms with Gasteiger partial charge in [-0.25, -0.2) is 14.3 Å². The third-order valence-corrected chi connectivity index (χ3v) is 8.70. The van der Waals surface area contributed by atoms with Gasteiger partial charge in [-0.1, -0.05) is 32.7 Å². The minimum Gasteiger partial charge on any atom is -0.489 e. The molecule has 5 rings (SSSR count). The molecule has 0 N–H and O–H groups in total. The molecule has 3 heterocycles. The van der Waals surface area contributed by atoms with E-state index in [1.165, 1.54) is 27.8 Å². The summed E-state index contributed by atoms with van der Waals surface area (Å²) in [6, 6.07) is 14.8. The first-order chi connectivity index (χ1) is 15.5. The van der Waals surface area contributed by atoms with Gasteiger partial charge in [-0.3, -0.25) is 4.21 Å². The molecular formula is C24H29N4O2PS. The molecule has 32 heavy (non-hydrogen) atoms. The number of anilines is 1. The molecule has 2 aliphatic heterocycles. The molecule has 2 aromatic carbocycles. The third-order valence-electron chi connectivity index (χ3n) is 6.25. The van der Waals surface area contributed by atoms with Gasteiger partial charge in [-0.15, -0.1) is 0 Å². The van der Waals surface area contributed by atoms with E-state index >= 15 is 0 Å². The molecule has 1 aromatic heterocycles. The lowest BCUT2D eigenvalue weighted by Crippen LogP contribution is -2.36. The average molecular weight is 469 g/mol. The standard InChI is InChI=1S/C24H29N4O2PS/c1-32(29,31)28-12-8-20-14-23(6-5-22(20)16-28)30-17-18-3-4-21-15-27(11-7-19(21)13-18)24-25-9-2-10-26-24/h2-6,9-10,13-14,32H,7-8,11-12,15-17,31H2,1H3. The highest BCUT2D eigenvalue weighted by Gasteiger charge is 2.22. The lowest BCUT2D eigenvalue weighted by atomic mass is 9.97. The zero-order valence-corrected chi connectivity index (χ0v) is 20.3. The van der Waals surface area contributed by atoms with Crippen LogP contribution in [0, 0.1) is 0 Å². The van der Waals surface area contributed by atoms with E-state index in [2.05, 4.69) is 57.9 Å². The smallest absolute Gasteiger partial charge is 0.225 e. The SMILES string of the molecule is C[SH](=O)(P)N1CCc2cc(OCc3ccc4c(c3)CCN(c3ncccn3)C4)ccc2C1. The topological polar surface area (TPSA) is 58.6 Å². The van der Waals surface area contributed by atoms with Gasteiger partial charge >= 0.3 is 0 Å². The summed E-state index contributed by atoms with van der Waals surface area (Å²) >= 11 is 0. The number of nitrogens with zero attached hydrogens (tertiary/aromatic N) is 4. The molecule has 0 spiro atoms. The summed E-state index contributed by atoms with van der Waals surface area (Å²) in [7, 11) is 0.230. The van der Waals surface area contributed by atoms with Crippen molar-refractivity contribution < 1.29 is 8.95 Å². The van der Waals surface area contributed by atoms with Crippen molar-refractivity contribution in [1.82, 2.24) is 14.3 Å². The van der Waals surface area contributed by atoms with Crippen LogP contribution >= 0.6 is 8.44 Å². The van der Waals surface area contributed by atoms with Crippen LogP contribution < -0.4 is 9.64 Å². The van der Waals surface area contributed by atoms with Gasteiger partial charge in [0.25, 0.3) is 0 Å². The Morgan fingerprint density at radius 3 is 2.50 bits per heavy atom. The number of fused-ring (bicyclic) bond motifs is 2. The van der Waals surface area contributed by atoms with Crippen molar-refractivity contribution in [3.63, 3.8) is 0 Å². The first-order valence-corrected chi connectivity index (χ1v) is 14.7. The number of aromatic nitrogens is 2. The van der Waals surface area contributed by atoms with Crippen molar-refractivity contribution in [2.45, 2.75) is 32.5 Å². The Morgan fingerprint density at radius 1 is 0.969 bits per heavy atom. The van der Waals surface area contributed by atoms with Crippen molar-refractivity contribution >= 4 is 24.1 Å². The molecule has 0 fully saturated rings. The predicted molar refractivity (Wildman–Crippen MR) is 133 cm³/mol. The summed E-state index contributed by atoms with van der Waals surface area (Å²) < 4.78 is 20.6. The van der Waals surface area contributed by atoms with E-state index in [9.17, 15) is 4.21 Å². The molecule has 0 bridgehead atoms. The van der Waals surface area contributed by atoms with Crippen LogP contribution in [0.2, 0.25) is 0 Å². The van der Waals surface area contributed by atoms with E-state index in [4.69, 9.17) is 4.74 Å². The number of thiol groups is 1. The minimum absolute atomic E-state index is 0.555. The lowest BCUT2D eigenvalue weighted by molar-refractivity contribution is 0.305. The molecule has 0 amide bonds. The van der Waals surface area contributed by atoms with Crippen molar-refractivity contribution in [2.75, 3.05) is 24.2 Å². The second kappa shape index (κ2) is 8.89. The average Bonchev–Trinajstić information content (AvgIpc) is 2.82. The van der Waals surface area contributed by atoms with Gasteiger partial charge < -0.3 is 9.64 Å². The van der Waals surface area contributed by atoms with E-state index < -0.39 is 9.74 Å². The second-order valence-electron chi connectivity index (χ2n) is 8.62. The Labute approximate surface area is 192 Å². The quantitative estimate of drug-likeness (QED) is 0.460. The molecule has 8 heteroatoms. The van der Waals surface area contributed by atoms with Gasteiger partial charge in [-0.05, 0) is 68.6 Å². The Morgan fingerprint density at radius 2 is 1.69 bits per heavy atom. The van der Waals surface area contributed by atoms with Gasteiger partial charge in [0, 0.05) is 44.8 Å². The Balaban J connectivity index is 1.23. The Kier molecular flexibility index (Phi) is 5.97. The van der Waals surface area contributed by atoms with Crippen LogP contribution in [-0.4, -0.2) is 37.8 Å². The molecule has 6 nitrogen and oxygen atoms in total. The fraction of sp³-hybridized carbons (Fsp3) is 0.333. The fourth-order valence-electron chi connectivity index (χ4n) is 4.43. The highest BCUT2D eigenvalue weighted by molar-refractivity contribution is 8.43. The highest BCUT2D eigenvalue weighted by Crippen LogP contribution is 2.29. The van der Waals surface area contributed by atoms with Crippen LogP contribution in [0.4, 0.5) is 5.95 Å². The number of rotatable bonds is 5. The molecule has 3 aromatic rings. The molecule has 0 saturated heterocycles. The number of hydrogen-bond acceptors (Lipinski definition) is 5. The second-order valence-corrected chi connectivity index (χ2v) is 14.0. The predicted octanol–water partition coefficient (Wildman–Crippen LogP) is 3.33. The highest BCUT2D eigenvalue weighted by atomic mass is 32.8. The molecule has 0 aliphatic carbocycles. The largest absolute Gasteiger partial charge is 0.489 e. The van der Waals surface area contributed by atoms with E-state index in [1.54, 1.807) is 12.4 Å². The van der Waals surface area contributed by atoms with E-state index in [0.29, 0.717) is 6.61 Å². The first kappa shape index (κ1) is 21.5. The molecule has 0 radical (unpaired) electrons. The van der Waals surface area contributed by atoms with Crippen LogP contribution in [0.1, 0.15) is 27.8 Å². The van der Waals surface area contributed by atoms with Crippen LogP contribution in [0.15, 0.2) is 54.9 Å². The molecule has 168 valence electrons. The van der Waals surface area contributed by atoms with Crippen LogP contribution in [0.25, 0.3) is 0 Å². The molecule has 1 atom stereocenters. The molecule has 2 aliphatic rings. The van der Waals surface area contributed by atoms with Crippen molar-refractivity contribution in [3.05, 3.63) is 82.7 Å². The summed E-state index contributed by atoms with van der Waals surface area (Å²) in [4.78, 5) is 11.0. The fourth-order valence-corrected chi connectivity index (χ4v) is 5.95. The van der Waals surface area contributed by atoms with E-state index in [1.807, 2.05) is 18.4 Å². The summed E-state index contributed by atoms with van der Waals surface area (Å²) in [6.07, 6.45) is 7.28. The Bertz CT molecular complexity index is 1170. The van der Waals surface area contributed by atoms with E-state index in [0.717, 1.165) is 50.7 Å². The van der Waals surface area contributed by atoms with Crippen molar-refractivity contribution in [2.24, 2.45) is 0 Å². The zero-order chi connectivity index (χ0) is 22.1. The zero-order valence-electron chi connectivity index (χ0n) is 18.3. The maximum atomic E-state index is 12.4. The van der Waals surface area contributed by atoms with Gasteiger partial charge in [0.05, 0.1) is 0 Å². The van der Waals surface area contributed by atoms with Crippen LogP contribution in [0.5, 0.6) is 5.75 Å². The summed E-state index contributed by atoms with van der Waals surface area (Å²) in [6.45, 7) is 3.87.